The van der Waals surface area contributed by atoms with Gasteiger partial charge in [0.1, 0.15) is 23.9 Å². The van der Waals surface area contributed by atoms with Gasteiger partial charge in [-0.25, -0.2) is 0 Å². The number of primary amides is 1. The number of nitrogens with two attached hydrogens (primary N) is 1. The summed E-state index contributed by atoms with van der Waals surface area (Å²) in [6.45, 7) is -0.983. The van der Waals surface area contributed by atoms with E-state index in [0.717, 1.165) is 0 Å². The van der Waals surface area contributed by atoms with Gasteiger partial charge in [-0.2, -0.15) is 18.2 Å². The molecule has 0 aliphatic carbocycles. The molecule has 1 aromatic carbocycles. The number of amides is 1. The van der Waals surface area contributed by atoms with E-state index < -0.39 is 31.2 Å². The minimum atomic E-state index is -4.47. The Morgan fingerprint density at radius 3 is 2.78 bits per heavy atom. The monoisotopic (exact) mass is 376 g/mol. The van der Waals surface area contributed by atoms with Crippen molar-refractivity contribution in [2.24, 2.45) is 11.7 Å². The Kier molecular flexibility index (Phi) is 3.94. The van der Waals surface area contributed by atoms with E-state index >= 15 is 0 Å². The maximum atomic E-state index is 13.5. The van der Waals surface area contributed by atoms with Crippen molar-refractivity contribution in [1.82, 2.24) is 9.97 Å². The van der Waals surface area contributed by atoms with Crippen molar-refractivity contribution < 1.29 is 22.7 Å². The number of aromatic nitrogens is 2. The van der Waals surface area contributed by atoms with Crippen molar-refractivity contribution in [1.29, 1.82) is 0 Å². The molecule has 0 fully saturated rings. The van der Waals surface area contributed by atoms with E-state index in [1.165, 1.54) is 11.0 Å². The number of ether oxygens (including phenoxy) is 1. The predicted octanol–water partition coefficient (Wildman–Crippen LogP) is 3.37. The Bertz CT molecular complexity index is 1020. The zero-order valence-corrected chi connectivity index (χ0v) is 14.0. The first-order valence-corrected chi connectivity index (χ1v) is 8.18. The maximum absolute atomic E-state index is 13.5. The third kappa shape index (κ3) is 3.05. The van der Waals surface area contributed by atoms with Crippen LogP contribution in [0.3, 0.4) is 0 Å². The van der Waals surface area contributed by atoms with Gasteiger partial charge in [0.25, 0.3) is 5.91 Å². The molecule has 1 unspecified atom stereocenters. The number of pyridine rings is 1. The second-order valence-corrected chi connectivity index (χ2v) is 6.27. The molecule has 0 spiro atoms. The lowest BCUT2D eigenvalue weighted by Crippen LogP contribution is -2.37. The van der Waals surface area contributed by atoms with E-state index in [2.05, 4.69) is 9.97 Å². The van der Waals surface area contributed by atoms with Crippen molar-refractivity contribution in [3.63, 3.8) is 0 Å². The van der Waals surface area contributed by atoms with Gasteiger partial charge < -0.3 is 20.4 Å². The summed E-state index contributed by atoms with van der Waals surface area (Å²) < 4.78 is 45.9. The lowest BCUT2D eigenvalue weighted by atomic mass is 10.1. The Morgan fingerprint density at radius 1 is 1.26 bits per heavy atom. The summed E-state index contributed by atoms with van der Waals surface area (Å²) in [5.41, 5.74) is 6.69. The van der Waals surface area contributed by atoms with Crippen LogP contribution in [0.2, 0.25) is 0 Å². The third-order valence-corrected chi connectivity index (χ3v) is 4.52. The first-order chi connectivity index (χ1) is 12.8. The number of benzene rings is 1. The van der Waals surface area contributed by atoms with Crippen LogP contribution in [0.15, 0.2) is 42.6 Å². The summed E-state index contributed by atoms with van der Waals surface area (Å²) in [4.78, 5) is 20.4. The SMILES string of the molecule is NC(=O)c1ccccc1N1CC(C(F)(F)F)COc2nc3[nH]ccc3cc21. The van der Waals surface area contributed by atoms with Crippen molar-refractivity contribution in [3.8, 4) is 5.88 Å². The number of alkyl halides is 3. The predicted molar refractivity (Wildman–Crippen MR) is 93.1 cm³/mol. The molecule has 4 rings (SSSR count). The highest BCUT2D eigenvalue weighted by Crippen LogP contribution is 2.41. The Hall–Kier alpha value is -3.23. The Labute approximate surface area is 151 Å². The van der Waals surface area contributed by atoms with Crippen LogP contribution in [0.1, 0.15) is 10.4 Å². The number of anilines is 2. The van der Waals surface area contributed by atoms with Gasteiger partial charge in [0, 0.05) is 18.1 Å². The fourth-order valence-electron chi connectivity index (χ4n) is 3.15. The molecule has 0 saturated heterocycles. The van der Waals surface area contributed by atoms with Gasteiger partial charge in [-0.15, -0.1) is 0 Å². The Balaban J connectivity index is 1.92. The van der Waals surface area contributed by atoms with E-state index in [0.29, 0.717) is 16.7 Å². The number of carbonyl (C=O) groups is 1. The molecule has 140 valence electrons. The van der Waals surface area contributed by atoms with Gasteiger partial charge in [-0.05, 0) is 24.3 Å². The van der Waals surface area contributed by atoms with Crippen LogP contribution in [0, 0.1) is 5.92 Å². The molecule has 0 radical (unpaired) electrons. The van der Waals surface area contributed by atoms with E-state index in [9.17, 15) is 18.0 Å². The second-order valence-electron chi connectivity index (χ2n) is 6.27. The number of aromatic amines is 1. The smallest absolute Gasteiger partial charge is 0.396 e. The molecule has 1 atom stereocenters. The number of rotatable bonds is 2. The summed E-state index contributed by atoms with van der Waals surface area (Å²) in [6.07, 6.45) is -2.79. The molecule has 0 bridgehead atoms. The highest BCUT2D eigenvalue weighted by Gasteiger charge is 2.44. The minimum Gasteiger partial charge on any atom is -0.475 e. The van der Waals surface area contributed by atoms with Crippen LogP contribution >= 0.6 is 0 Å². The van der Waals surface area contributed by atoms with Gasteiger partial charge in [0.2, 0.25) is 5.88 Å². The molecule has 3 aromatic rings. The molecule has 1 aliphatic heterocycles. The number of hydrogen-bond donors (Lipinski definition) is 2. The summed E-state index contributed by atoms with van der Waals surface area (Å²) in [7, 11) is 0. The summed E-state index contributed by atoms with van der Waals surface area (Å²) in [6, 6.07) is 9.72. The zero-order chi connectivity index (χ0) is 19.2. The van der Waals surface area contributed by atoms with Gasteiger partial charge >= 0.3 is 6.18 Å². The van der Waals surface area contributed by atoms with Gasteiger partial charge in [-0.3, -0.25) is 4.79 Å². The van der Waals surface area contributed by atoms with Crippen molar-refractivity contribution in [3.05, 3.63) is 48.2 Å². The Morgan fingerprint density at radius 2 is 2.04 bits per heavy atom. The number of para-hydroxylation sites is 1. The van der Waals surface area contributed by atoms with E-state index in [-0.39, 0.29) is 17.1 Å². The average molecular weight is 376 g/mol. The van der Waals surface area contributed by atoms with Crippen molar-refractivity contribution >= 4 is 28.3 Å². The normalized spacial score (nSPS) is 17.3. The lowest BCUT2D eigenvalue weighted by Gasteiger charge is -2.28. The molecule has 0 saturated carbocycles. The molecule has 9 heteroatoms. The van der Waals surface area contributed by atoms with Gasteiger partial charge in [-0.1, -0.05) is 12.1 Å². The number of carbonyl (C=O) groups excluding carboxylic acids is 1. The van der Waals surface area contributed by atoms with Crippen LogP contribution in [-0.2, 0) is 0 Å². The number of H-pyrrole nitrogens is 1. The third-order valence-electron chi connectivity index (χ3n) is 4.52. The summed E-state index contributed by atoms with van der Waals surface area (Å²) in [5.74, 6) is -2.42. The molecular weight excluding hydrogens is 361 g/mol. The highest BCUT2D eigenvalue weighted by atomic mass is 19.4. The topological polar surface area (TPSA) is 84.2 Å². The van der Waals surface area contributed by atoms with Crippen LogP contribution in [0.4, 0.5) is 24.5 Å². The van der Waals surface area contributed by atoms with Gasteiger partial charge in [0.15, 0.2) is 0 Å². The zero-order valence-electron chi connectivity index (χ0n) is 14.0. The minimum absolute atomic E-state index is 0.0657. The van der Waals surface area contributed by atoms with Crippen molar-refractivity contribution in [2.75, 3.05) is 18.1 Å². The molecule has 1 amide bonds. The highest BCUT2D eigenvalue weighted by molar-refractivity contribution is 6.00. The molecule has 2 aromatic heterocycles. The fourth-order valence-corrected chi connectivity index (χ4v) is 3.15. The van der Waals surface area contributed by atoms with E-state index in [4.69, 9.17) is 10.5 Å². The molecule has 1 aliphatic rings. The van der Waals surface area contributed by atoms with E-state index in [1.54, 1.807) is 36.5 Å². The van der Waals surface area contributed by atoms with E-state index in [1.807, 2.05) is 0 Å². The number of fused-ring (bicyclic) bond motifs is 2. The first-order valence-electron chi connectivity index (χ1n) is 8.18. The lowest BCUT2D eigenvalue weighted by molar-refractivity contribution is -0.177. The standard InChI is InChI=1S/C18H15F3N4O2/c19-18(20,21)11-8-25(13-4-2-1-3-12(13)15(22)26)14-7-10-5-6-23-16(10)24-17(14)27-9-11/h1-7,11H,8-9H2,(H2,22,26)(H,23,24). The van der Waals surface area contributed by atoms with Gasteiger partial charge in [0.05, 0.1) is 11.3 Å². The van der Waals surface area contributed by atoms with Crippen molar-refractivity contribution in [2.45, 2.75) is 6.18 Å². The van der Waals surface area contributed by atoms with Crippen LogP contribution in [0.25, 0.3) is 11.0 Å². The largest absolute Gasteiger partial charge is 0.475 e. The summed E-state index contributed by atoms with van der Waals surface area (Å²) in [5, 5.41) is 0.712. The average Bonchev–Trinajstić information content (AvgIpc) is 2.98. The van der Waals surface area contributed by atoms with Crippen LogP contribution < -0.4 is 15.4 Å². The molecular formula is C18H15F3N4O2. The van der Waals surface area contributed by atoms with Crippen LogP contribution in [-0.4, -0.2) is 35.2 Å². The number of nitrogens with one attached hydrogen (secondary N) is 1. The number of nitrogens with zero attached hydrogens (tertiary/aromatic N) is 2. The first kappa shape index (κ1) is 17.2. The van der Waals surface area contributed by atoms with Crippen LogP contribution in [0.5, 0.6) is 5.88 Å². The molecule has 3 N–H and O–H groups in total. The molecule has 3 heterocycles. The number of halogens is 3. The molecule has 27 heavy (non-hydrogen) atoms. The number of hydrogen-bond acceptors (Lipinski definition) is 4. The maximum Gasteiger partial charge on any atom is 0.396 e. The molecule has 6 nitrogen and oxygen atoms in total. The fraction of sp³-hybridized carbons (Fsp3) is 0.222. The summed E-state index contributed by atoms with van der Waals surface area (Å²) >= 11 is 0. The second kappa shape index (κ2) is 6.19. The quantitative estimate of drug-likeness (QED) is 0.718.